The highest BCUT2D eigenvalue weighted by atomic mass is 16.5. The quantitative estimate of drug-likeness (QED) is 0.911. The molecule has 2 unspecified atom stereocenters. The van der Waals surface area contributed by atoms with Gasteiger partial charge in [-0.1, -0.05) is 37.3 Å². The molecule has 0 amide bonds. The first-order valence-corrected chi connectivity index (χ1v) is 7.73. The predicted molar refractivity (Wildman–Crippen MR) is 85.8 cm³/mol. The van der Waals surface area contributed by atoms with Gasteiger partial charge >= 0.3 is 0 Å². The van der Waals surface area contributed by atoms with Gasteiger partial charge in [0.2, 0.25) is 0 Å². The summed E-state index contributed by atoms with van der Waals surface area (Å²) in [4.78, 5) is 0. The number of methoxy groups -OCH3 is 1. The largest absolute Gasteiger partial charge is 0.496 e. The average Bonchev–Trinajstić information content (AvgIpc) is 2.99. The topological polar surface area (TPSA) is 30.5 Å². The molecule has 1 aliphatic rings. The molecule has 2 aromatic carbocycles. The van der Waals surface area contributed by atoms with Gasteiger partial charge in [0, 0.05) is 24.6 Å². The molecular weight excluding hydrogens is 262 g/mol. The second-order valence-corrected chi connectivity index (χ2v) is 5.55. The van der Waals surface area contributed by atoms with Crippen molar-refractivity contribution < 1.29 is 9.47 Å². The summed E-state index contributed by atoms with van der Waals surface area (Å²) in [5.41, 5.74) is 1.20. The summed E-state index contributed by atoms with van der Waals surface area (Å²) in [5, 5.41) is 5.94. The molecule has 1 N–H and O–H groups in total. The number of nitrogens with one attached hydrogen (secondary N) is 1. The minimum Gasteiger partial charge on any atom is -0.496 e. The van der Waals surface area contributed by atoms with Crippen LogP contribution in [-0.2, 0) is 4.74 Å². The van der Waals surface area contributed by atoms with Crippen LogP contribution in [0, 0.1) is 5.92 Å². The van der Waals surface area contributed by atoms with Crippen molar-refractivity contribution in [2.24, 2.45) is 5.92 Å². The zero-order valence-electron chi connectivity index (χ0n) is 12.8. The summed E-state index contributed by atoms with van der Waals surface area (Å²) in [7, 11) is 1.74. The van der Waals surface area contributed by atoms with Gasteiger partial charge in [0.15, 0.2) is 0 Å². The van der Waals surface area contributed by atoms with Crippen LogP contribution in [0.1, 0.15) is 25.0 Å². The predicted octanol–water partition coefficient (Wildman–Crippen LogP) is 3.54. The molecule has 0 saturated carbocycles. The molecular formula is C18H23NO2. The number of ether oxygens (including phenoxy) is 2. The van der Waals surface area contributed by atoms with E-state index in [0.29, 0.717) is 5.92 Å². The third-order valence-electron chi connectivity index (χ3n) is 4.31. The van der Waals surface area contributed by atoms with Gasteiger partial charge in [-0.15, -0.1) is 0 Å². The lowest BCUT2D eigenvalue weighted by molar-refractivity contribution is 0.0896. The normalized spacial score (nSPS) is 21.8. The van der Waals surface area contributed by atoms with Crippen molar-refractivity contribution in [2.45, 2.75) is 19.4 Å². The Labute approximate surface area is 126 Å². The van der Waals surface area contributed by atoms with Crippen molar-refractivity contribution in [1.29, 1.82) is 0 Å². The summed E-state index contributed by atoms with van der Waals surface area (Å²) < 4.78 is 11.7. The lowest BCUT2D eigenvalue weighted by Crippen LogP contribution is -2.24. The van der Waals surface area contributed by atoms with E-state index < -0.39 is 0 Å². The molecule has 2 atom stereocenters. The first-order valence-electron chi connectivity index (χ1n) is 7.73. The molecule has 1 fully saturated rings. The van der Waals surface area contributed by atoms with E-state index in [-0.39, 0.29) is 6.10 Å². The number of fused-ring (bicyclic) bond motifs is 1. The van der Waals surface area contributed by atoms with Crippen molar-refractivity contribution in [3.05, 3.63) is 42.0 Å². The molecule has 0 radical (unpaired) electrons. The molecule has 0 aliphatic carbocycles. The Balaban J connectivity index is 2.05. The standard InChI is InChI=1S/C18H23NO2/c1-3-19-12-14-10-11-21-18(14)17-15-7-5-4-6-13(15)8-9-16(17)20-2/h4-9,14,18-19H,3,10-12H2,1-2H3. The van der Waals surface area contributed by atoms with E-state index in [1.165, 1.54) is 16.3 Å². The van der Waals surface area contributed by atoms with Crippen molar-refractivity contribution in [2.75, 3.05) is 26.8 Å². The highest BCUT2D eigenvalue weighted by molar-refractivity contribution is 5.88. The van der Waals surface area contributed by atoms with Crippen LogP contribution in [0.25, 0.3) is 10.8 Å². The first kappa shape index (κ1) is 14.4. The summed E-state index contributed by atoms with van der Waals surface area (Å²) in [6.45, 7) is 4.96. The van der Waals surface area contributed by atoms with Gasteiger partial charge in [0.25, 0.3) is 0 Å². The SMILES string of the molecule is CCNCC1CCOC1c1c(OC)ccc2ccccc12. The van der Waals surface area contributed by atoms with Crippen molar-refractivity contribution in [3.8, 4) is 5.75 Å². The molecule has 1 aliphatic heterocycles. The molecule has 0 aromatic heterocycles. The van der Waals surface area contributed by atoms with Gasteiger partial charge in [0.05, 0.1) is 13.2 Å². The van der Waals surface area contributed by atoms with Crippen LogP contribution in [0.2, 0.25) is 0 Å². The van der Waals surface area contributed by atoms with E-state index in [1.54, 1.807) is 7.11 Å². The third kappa shape index (κ3) is 2.76. The Morgan fingerprint density at radius 1 is 1.24 bits per heavy atom. The number of hydrogen-bond donors (Lipinski definition) is 1. The first-order chi connectivity index (χ1) is 10.3. The second kappa shape index (κ2) is 6.46. The summed E-state index contributed by atoms with van der Waals surface area (Å²) in [6.07, 6.45) is 1.22. The maximum Gasteiger partial charge on any atom is 0.125 e. The molecule has 2 aromatic rings. The summed E-state index contributed by atoms with van der Waals surface area (Å²) in [6, 6.07) is 12.6. The lowest BCUT2D eigenvalue weighted by Gasteiger charge is -2.23. The molecule has 0 bridgehead atoms. The van der Waals surface area contributed by atoms with Crippen LogP contribution >= 0.6 is 0 Å². The van der Waals surface area contributed by atoms with E-state index in [9.17, 15) is 0 Å². The monoisotopic (exact) mass is 285 g/mol. The molecule has 21 heavy (non-hydrogen) atoms. The van der Waals surface area contributed by atoms with Gasteiger partial charge < -0.3 is 14.8 Å². The maximum absolute atomic E-state index is 6.08. The van der Waals surface area contributed by atoms with Crippen LogP contribution in [0.5, 0.6) is 5.75 Å². The summed E-state index contributed by atoms with van der Waals surface area (Å²) >= 11 is 0. The number of benzene rings is 2. The van der Waals surface area contributed by atoms with Crippen LogP contribution in [0.15, 0.2) is 36.4 Å². The zero-order valence-corrected chi connectivity index (χ0v) is 12.8. The molecule has 0 spiro atoms. The number of rotatable bonds is 5. The zero-order chi connectivity index (χ0) is 14.7. The average molecular weight is 285 g/mol. The van der Waals surface area contributed by atoms with Gasteiger partial charge in [-0.05, 0) is 29.8 Å². The third-order valence-corrected chi connectivity index (χ3v) is 4.31. The molecule has 112 valence electrons. The highest BCUT2D eigenvalue weighted by Gasteiger charge is 2.32. The Morgan fingerprint density at radius 3 is 2.90 bits per heavy atom. The van der Waals surface area contributed by atoms with E-state index in [2.05, 4.69) is 48.6 Å². The van der Waals surface area contributed by atoms with E-state index >= 15 is 0 Å². The lowest BCUT2D eigenvalue weighted by atomic mass is 9.91. The Bertz CT molecular complexity index is 611. The minimum atomic E-state index is 0.116. The van der Waals surface area contributed by atoms with E-state index in [4.69, 9.17) is 9.47 Å². The number of hydrogen-bond acceptors (Lipinski definition) is 3. The van der Waals surface area contributed by atoms with Gasteiger partial charge in [0.1, 0.15) is 5.75 Å². The van der Waals surface area contributed by atoms with Crippen LogP contribution in [-0.4, -0.2) is 26.8 Å². The molecule has 1 saturated heterocycles. The van der Waals surface area contributed by atoms with E-state index in [0.717, 1.165) is 31.9 Å². The molecule has 3 heteroatoms. The highest BCUT2D eigenvalue weighted by Crippen LogP contribution is 2.42. The van der Waals surface area contributed by atoms with Gasteiger partial charge in [-0.3, -0.25) is 0 Å². The van der Waals surface area contributed by atoms with Gasteiger partial charge in [-0.2, -0.15) is 0 Å². The maximum atomic E-state index is 6.08. The van der Waals surface area contributed by atoms with Crippen LogP contribution in [0.4, 0.5) is 0 Å². The Hall–Kier alpha value is -1.58. The Kier molecular flexibility index (Phi) is 4.42. The van der Waals surface area contributed by atoms with Gasteiger partial charge in [-0.25, -0.2) is 0 Å². The Morgan fingerprint density at radius 2 is 2.10 bits per heavy atom. The molecule has 3 rings (SSSR count). The fourth-order valence-corrected chi connectivity index (χ4v) is 3.24. The van der Waals surface area contributed by atoms with Crippen molar-refractivity contribution in [3.63, 3.8) is 0 Å². The van der Waals surface area contributed by atoms with Crippen LogP contribution < -0.4 is 10.1 Å². The van der Waals surface area contributed by atoms with E-state index in [1.807, 2.05) is 0 Å². The van der Waals surface area contributed by atoms with Crippen LogP contribution in [0.3, 0.4) is 0 Å². The minimum absolute atomic E-state index is 0.116. The second-order valence-electron chi connectivity index (χ2n) is 5.55. The molecule has 1 heterocycles. The van der Waals surface area contributed by atoms with Crippen molar-refractivity contribution >= 4 is 10.8 Å². The fourth-order valence-electron chi connectivity index (χ4n) is 3.24. The fraction of sp³-hybridized carbons (Fsp3) is 0.444. The van der Waals surface area contributed by atoms with Crippen molar-refractivity contribution in [1.82, 2.24) is 5.32 Å². The summed E-state index contributed by atoms with van der Waals surface area (Å²) in [5.74, 6) is 1.44. The molecule has 3 nitrogen and oxygen atoms in total. The smallest absolute Gasteiger partial charge is 0.125 e.